The predicted molar refractivity (Wildman–Crippen MR) is 85.1 cm³/mol. The van der Waals surface area contributed by atoms with Gasteiger partial charge in [-0.3, -0.25) is 0 Å². The molecule has 0 amide bonds. The Morgan fingerprint density at radius 1 is 0.619 bits per heavy atom. The summed E-state index contributed by atoms with van der Waals surface area (Å²) >= 11 is 0. The van der Waals surface area contributed by atoms with E-state index in [1.54, 1.807) is 0 Å². The molecule has 0 aromatic heterocycles. The highest BCUT2D eigenvalue weighted by atomic mass is 31.1. The Kier molecular flexibility index (Phi) is 4.08. The largest absolute Gasteiger partial charge is 0.207 e. The summed E-state index contributed by atoms with van der Waals surface area (Å²) in [5.74, 6) is -0.777. The molecule has 0 nitrogen and oxygen atoms in total. The molecule has 0 unspecified atom stereocenters. The van der Waals surface area contributed by atoms with Gasteiger partial charge in [0.2, 0.25) is 0 Å². The first-order chi connectivity index (χ1) is 10.3. The van der Waals surface area contributed by atoms with E-state index in [4.69, 9.17) is 0 Å². The molecular weight excluding hydrogens is 285 g/mol. The summed E-state index contributed by atoms with van der Waals surface area (Å²) in [5, 5.41) is 2.42. The average molecular weight is 298 g/mol. The zero-order valence-corrected chi connectivity index (χ0v) is 12.1. The van der Waals surface area contributed by atoms with Crippen LogP contribution in [0.3, 0.4) is 0 Å². The van der Waals surface area contributed by atoms with Crippen molar-refractivity contribution in [3.8, 4) is 0 Å². The van der Waals surface area contributed by atoms with Crippen LogP contribution in [0.2, 0.25) is 0 Å². The molecule has 0 saturated heterocycles. The van der Waals surface area contributed by atoms with Gasteiger partial charge in [0.25, 0.3) is 0 Å². The first-order valence-corrected chi connectivity index (χ1v) is 7.95. The molecule has 0 fully saturated rings. The number of hydrogen-bond donors (Lipinski definition) is 0. The molecule has 0 atom stereocenters. The van der Waals surface area contributed by atoms with Crippen LogP contribution in [-0.2, 0) is 0 Å². The maximum atomic E-state index is 14.2. The number of benzene rings is 3. The molecule has 0 aliphatic heterocycles. The fourth-order valence-electron chi connectivity index (χ4n) is 2.24. The molecule has 0 radical (unpaired) electrons. The van der Waals surface area contributed by atoms with Crippen molar-refractivity contribution in [1.82, 2.24) is 0 Å². The minimum absolute atomic E-state index is 0.366. The van der Waals surface area contributed by atoms with Crippen molar-refractivity contribution >= 4 is 23.8 Å². The van der Waals surface area contributed by atoms with Crippen LogP contribution in [0.25, 0.3) is 0 Å². The quantitative estimate of drug-likeness (QED) is 0.646. The molecule has 0 bridgehead atoms. The van der Waals surface area contributed by atoms with E-state index in [1.165, 1.54) is 12.1 Å². The molecule has 3 heteroatoms. The third-order valence-corrected chi connectivity index (χ3v) is 5.63. The summed E-state index contributed by atoms with van der Waals surface area (Å²) in [5.41, 5.74) is 0. The Hall–Kier alpha value is -2.05. The minimum Gasteiger partial charge on any atom is -0.207 e. The van der Waals surface area contributed by atoms with Crippen molar-refractivity contribution in [1.29, 1.82) is 0 Å². The molecule has 0 N–H and O–H groups in total. The van der Waals surface area contributed by atoms with Crippen LogP contribution in [0, 0.1) is 11.6 Å². The fourth-order valence-corrected chi connectivity index (χ4v) is 4.57. The lowest BCUT2D eigenvalue weighted by Gasteiger charge is -2.19. The zero-order valence-electron chi connectivity index (χ0n) is 11.2. The fraction of sp³-hybridized carbons (Fsp3) is 0. The van der Waals surface area contributed by atoms with Crippen LogP contribution in [0.5, 0.6) is 0 Å². The molecule has 0 saturated carbocycles. The van der Waals surface area contributed by atoms with E-state index < -0.39 is 13.7 Å². The molecule has 3 aromatic rings. The highest BCUT2D eigenvalue weighted by Crippen LogP contribution is 2.33. The van der Waals surface area contributed by atoms with Gasteiger partial charge in [0, 0.05) is 5.30 Å². The van der Waals surface area contributed by atoms with E-state index in [9.17, 15) is 8.78 Å². The second-order valence-corrected chi connectivity index (χ2v) is 6.79. The molecule has 0 aliphatic carbocycles. The molecule has 3 rings (SSSR count). The lowest BCUT2D eigenvalue weighted by atomic mass is 10.3. The van der Waals surface area contributed by atoms with Gasteiger partial charge in [-0.05, 0) is 36.7 Å². The first kappa shape index (κ1) is 13.9. The monoisotopic (exact) mass is 298 g/mol. The number of rotatable bonds is 3. The van der Waals surface area contributed by atoms with E-state index in [0.717, 1.165) is 16.7 Å². The number of hydrogen-bond acceptors (Lipinski definition) is 0. The van der Waals surface area contributed by atoms with Crippen molar-refractivity contribution < 1.29 is 8.78 Å². The summed E-state index contributed by atoms with van der Waals surface area (Å²) in [6.07, 6.45) is 0. The molecule has 104 valence electrons. The maximum absolute atomic E-state index is 14.2. The molecule has 0 heterocycles. The van der Waals surface area contributed by atoms with E-state index in [-0.39, 0.29) is 5.82 Å². The van der Waals surface area contributed by atoms with Gasteiger partial charge in [-0.1, -0.05) is 60.7 Å². The summed E-state index contributed by atoms with van der Waals surface area (Å²) in [4.78, 5) is 0. The Balaban J connectivity index is 2.20. The Labute approximate surface area is 123 Å². The highest BCUT2D eigenvalue weighted by molar-refractivity contribution is 7.79. The third kappa shape index (κ3) is 3.01. The van der Waals surface area contributed by atoms with Crippen LogP contribution in [0.4, 0.5) is 8.78 Å². The van der Waals surface area contributed by atoms with E-state index in [0.29, 0.717) is 5.30 Å². The average Bonchev–Trinajstić information content (AvgIpc) is 2.53. The van der Waals surface area contributed by atoms with E-state index in [2.05, 4.69) is 0 Å². The van der Waals surface area contributed by atoms with E-state index in [1.807, 2.05) is 60.7 Å². The van der Waals surface area contributed by atoms with Gasteiger partial charge < -0.3 is 0 Å². The molecular formula is C18H13F2P. The third-order valence-electron chi connectivity index (χ3n) is 3.18. The molecule has 0 aliphatic rings. The first-order valence-electron chi connectivity index (χ1n) is 6.61. The normalized spacial score (nSPS) is 10.8. The van der Waals surface area contributed by atoms with Gasteiger partial charge in [0.05, 0.1) is 0 Å². The van der Waals surface area contributed by atoms with Crippen molar-refractivity contribution in [2.75, 3.05) is 0 Å². The molecule has 0 spiro atoms. The van der Waals surface area contributed by atoms with Crippen LogP contribution < -0.4 is 15.9 Å². The van der Waals surface area contributed by atoms with Crippen LogP contribution in [-0.4, -0.2) is 0 Å². The van der Waals surface area contributed by atoms with Gasteiger partial charge in [-0.15, -0.1) is 0 Å². The Morgan fingerprint density at radius 2 is 1.14 bits per heavy atom. The van der Waals surface area contributed by atoms with Crippen molar-refractivity contribution in [3.63, 3.8) is 0 Å². The highest BCUT2D eigenvalue weighted by Gasteiger charge is 2.20. The maximum Gasteiger partial charge on any atom is 0.131 e. The molecule has 3 aromatic carbocycles. The van der Waals surface area contributed by atoms with E-state index >= 15 is 0 Å². The van der Waals surface area contributed by atoms with Gasteiger partial charge in [-0.2, -0.15) is 0 Å². The Bertz CT molecular complexity index is 687. The second kappa shape index (κ2) is 6.15. The van der Waals surface area contributed by atoms with Crippen molar-refractivity contribution in [2.45, 2.75) is 0 Å². The zero-order chi connectivity index (χ0) is 14.7. The predicted octanol–water partition coefficient (Wildman–Crippen LogP) is 3.72. The lowest BCUT2D eigenvalue weighted by molar-refractivity contribution is 0.607. The van der Waals surface area contributed by atoms with Crippen LogP contribution in [0.1, 0.15) is 0 Å². The van der Waals surface area contributed by atoms with Gasteiger partial charge in [0.1, 0.15) is 11.6 Å². The second-order valence-electron chi connectivity index (χ2n) is 4.60. The van der Waals surface area contributed by atoms with Gasteiger partial charge in [0.15, 0.2) is 0 Å². The standard InChI is InChI=1S/C18H13F2P/c19-14-11-12-17(20)18(13-14)21(15-7-3-1-4-8-15)16-9-5-2-6-10-16/h1-13H. The SMILES string of the molecule is Fc1ccc(F)c(P(c2ccccc2)c2ccccc2)c1. The number of halogens is 2. The summed E-state index contributed by atoms with van der Waals surface area (Å²) in [6, 6.07) is 23.0. The minimum atomic E-state index is -1.10. The smallest absolute Gasteiger partial charge is 0.131 e. The summed E-state index contributed by atoms with van der Waals surface area (Å²) in [6.45, 7) is 0. The summed E-state index contributed by atoms with van der Waals surface area (Å²) in [7, 11) is -1.10. The lowest BCUT2D eigenvalue weighted by Crippen LogP contribution is -2.23. The Morgan fingerprint density at radius 3 is 1.67 bits per heavy atom. The topological polar surface area (TPSA) is 0 Å². The van der Waals surface area contributed by atoms with Crippen molar-refractivity contribution in [2.24, 2.45) is 0 Å². The summed E-state index contributed by atoms with van der Waals surface area (Å²) < 4.78 is 27.8. The molecule has 21 heavy (non-hydrogen) atoms. The van der Waals surface area contributed by atoms with Gasteiger partial charge >= 0.3 is 0 Å². The van der Waals surface area contributed by atoms with Crippen molar-refractivity contribution in [3.05, 3.63) is 90.5 Å². The van der Waals surface area contributed by atoms with Crippen LogP contribution in [0.15, 0.2) is 78.9 Å². The van der Waals surface area contributed by atoms with Crippen LogP contribution >= 0.6 is 7.92 Å². The van der Waals surface area contributed by atoms with Gasteiger partial charge in [-0.25, -0.2) is 8.78 Å².